The molecule has 9 nitrogen and oxygen atoms in total. The van der Waals surface area contributed by atoms with E-state index in [9.17, 15) is 20.0 Å². The fraction of sp³-hybridized carbons (Fsp3) is 0.208. The molecule has 0 spiro atoms. The number of aromatic nitrogens is 2. The molecule has 174 valence electrons. The Hall–Kier alpha value is -4.54. The van der Waals surface area contributed by atoms with Crippen molar-refractivity contribution in [3.05, 3.63) is 64.6 Å². The Balaban J connectivity index is 2.00. The topological polar surface area (TPSA) is 139 Å². The van der Waals surface area contributed by atoms with E-state index in [4.69, 9.17) is 19.9 Å². The molecule has 0 aliphatic rings. The Morgan fingerprint density at radius 2 is 1.82 bits per heavy atom. The van der Waals surface area contributed by atoms with Gasteiger partial charge in [0.05, 0.1) is 32.9 Å². The maximum Gasteiger partial charge on any atom is 0.203 e. The Labute approximate surface area is 195 Å². The van der Waals surface area contributed by atoms with Crippen LogP contribution >= 0.6 is 0 Å². The molecule has 0 bridgehead atoms. The number of aliphatic hydroxyl groups excluding tert-OH is 1. The highest BCUT2D eigenvalue weighted by Gasteiger charge is 2.20. The van der Waals surface area contributed by atoms with Crippen LogP contribution in [0.3, 0.4) is 0 Å². The highest BCUT2D eigenvalue weighted by Crippen LogP contribution is 2.40. The number of ether oxygens (including phenoxy) is 3. The highest BCUT2D eigenvalue weighted by molar-refractivity contribution is 5.91. The molecule has 1 aromatic heterocycles. The van der Waals surface area contributed by atoms with Crippen LogP contribution in [0.15, 0.2) is 36.4 Å². The number of nitrogens with two attached hydrogens (primary N) is 1. The number of methoxy groups -OCH3 is 2. The molecule has 3 aromatic rings. The van der Waals surface area contributed by atoms with Crippen molar-refractivity contribution in [1.29, 1.82) is 10.5 Å². The molecule has 3 N–H and O–H groups in total. The second-order valence-electron chi connectivity index (χ2n) is 7.01. The molecule has 0 aliphatic heterocycles. The van der Waals surface area contributed by atoms with Crippen LogP contribution in [0, 0.1) is 28.5 Å². The van der Waals surface area contributed by atoms with Gasteiger partial charge < -0.3 is 25.1 Å². The van der Waals surface area contributed by atoms with Crippen LogP contribution in [0.25, 0.3) is 11.6 Å². The number of halogens is 1. The van der Waals surface area contributed by atoms with Crippen molar-refractivity contribution in [1.82, 2.24) is 9.78 Å². The van der Waals surface area contributed by atoms with Crippen LogP contribution in [0.5, 0.6) is 17.2 Å². The van der Waals surface area contributed by atoms with Crippen molar-refractivity contribution in [3.63, 3.8) is 0 Å². The summed E-state index contributed by atoms with van der Waals surface area (Å²) in [5.74, 6) is 0.740. The van der Waals surface area contributed by atoms with E-state index in [0.29, 0.717) is 22.8 Å². The van der Waals surface area contributed by atoms with E-state index in [2.05, 4.69) is 5.10 Å². The van der Waals surface area contributed by atoms with Crippen LogP contribution < -0.4 is 19.9 Å². The molecule has 10 heteroatoms. The van der Waals surface area contributed by atoms with Gasteiger partial charge in [0.2, 0.25) is 5.75 Å². The normalized spacial score (nSPS) is 10.9. The van der Waals surface area contributed by atoms with Crippen LogP contribution in [-0.4, -0.2) is 35.7 Å². The molecule has 0 radical (unpaired) electrons. The van der Waals surface area contributed by atoms with E-state index < -0.39 is 0 Å². The summed E-state index contributed by atoms with van der Waals surface area (Å²) in [4.78, 5) is 0. The lowest BCUT2D eigenvalue weighted by Crippen LogP contribution is -2.07. The zero-order valence-corrected chi connectivity index (χ0v) is 18.6. The minimum absolute atomic E-state index is 0.0411. The molecule has 0 atom stereocenters. The molecule has 0 saturated heterocycles. The number of allylic oxidation sites excluding steroid dienone is 1. The number of hydrogen-bond donors (Lipinski definition) is 2. The van der Waals surface area contributed by atoms with E-state index in [1.165, 1.54) is 37.1 Å². The van der Waals surface area contributed by atoms with E-state index in [0.717, 1.165) is 5.56 Å². The van der Waals surface area contributed by atoms with Crippen molar-refractivity contribution in [2.24, 2.45) is 0 Å². The van der Waals surface area contributed by atoms with Crippen molar-refractivity contribution in [2.45, 2.75) is 13.2 Å². The lowest BCUT2D eigenvalue weighted by molar-refractivity contribution is 0.265. The number of benzene rings is 2. The molecule has 3 rings (SSSR count). The van der Waals surface area contributed by atoms with Gasteiger partial charge in [-0.05, 0) is 41.5 Å². The standard InChI is InChI=1S/C24H22FN5O4/c1-32-20-10-16(9-17(12-26)22-19(13-27)24(28)30(29-22)7-8-31)11-21(33-2)23(20)34-14-15-3-5-18(25)6-4-15/h3-6,9-11,31H,7-8,14,28H2,1-2H3/b17-9+. The summed E-state index contributed by atoms with van der Waals surface area (Å²) in [5, 5.41) is 32.6. The predicted molar refractivity (Wildman–Crippen MR) is 122 cm³/mol. The van der Waals surface area contributed by atoms with E-state index >= 15 is 0 Å². The van der Waals surface area contributed by atoms with Gasteiger partial charge in [0.15, 0.2) is 11.5 Å². The summed E-state index contributed by atoms with van der Waals surface area (Å²) < 4.78 is 31.2. The van der Waals surface area contributed by atoms with Crippen molar-refractivity contribution < 1.29 is 23.7 Å². The number of nitrogens with zero attached hydrogens (tertiary/aromatic N) is 4. The number of hydrogen-bond acceptors (Lipinski definition) is 8. The first-order chi connectivity index (χ1) is 16.4. The maximum absolute atomic E-state index is 13.1. The molecule has 1 heterocycles. The molecule has 0 amide bonds. The van der Waals surface area contributed by atoms with Crippen LogP contribution in [-0.2, 0) is 13.2 Å². The third-order valence-electron chi connectivity index (χ3n) is 4.88. The van der Waals surface area contributed by atoms with Crippen molar-refractivity contribution in [2.75, 3.05) is 26.6 Å². The number of nitriles is 2. The smallest absolute Gasteiger partial charge is 0.203 e. The Kier molecular flexibility index (Phi) is 7.70. The zero-order chi connectivity index (χ0) is 24.7. The summed E-state index contributed by atoms with van der Waals surface area (Å²) in [6.45, 7) is 0.00919. The molecule has 0 saturated carbocycles. The monoisotopic (exact) mass is 463 g/mol. The van der Waals surface area contributed by atoms with Crippen molar-refractivity contribution in [3.8, 4) is 29.4 Å². The average molecular weight is 463 g/mol. The number of aliphatic hydroxyl groups is 1. The van der Waals surface area contributed by atoms with Crippen molar-refractivity contribution >= 4 is 17.5 Å². The average Bonchev–Trinajstić information content (AvgIpc) is 3.16. The third kappa shape index (κ3) is 5.09. The van der Waals surface area contributed by atoms with Gasteiger partial charge in [-0.1, -0.05) is 12.1 Å². The van der Waals surface area contributed by atoms with Gasteiger partial charge in [-0.25, -0.2) is 9.07 Å². The molecule has 2 aromatic carbocycles. The largest absolute Gasteiger partial charge is 0.493 e. The summed E-state index contributed by atoms with van der Waals surface area (Å²) in [6.07, 6.45) is 1.51. The first-order valence-electron chi connectivity index (χ1n) is 10.1. The maximum atomic E-state index is 13.1. The van der Waals surface area contributed by atoms with E-state index in [1.54, 1.807) is 24.3 Å². The SMILES string of the molecule is COc1cc(/C=C(\C#N)c2nn(CCO)c(N)c2C#N)cc(OC)c1OCc1ccc(F)cc1. The van der Waals surface area contributed by atoms with Gasteiger partial charge in [-0.3, -0.25) is 0 Å². The fourth-order valence-electron chi connectivity index (χ4n) is 3.22. The second-order valence-corrected chi connectivity index (χ2v) is 7.01. The van der Waals surface area contributed by atoms with Gasteiger partial charge in [0, 0.05) is 0 Å². The lowest BCUT2D eigenvalue weighted by atomic mass is 10.1. The molecule has 0 aliphatic carbocycles. The summed E-state index contributed by atoms with van der Waals surface area (Å²) in [6, 6.07) is 13.2. The highest BCUT2D eigenvalue weighted by atomic mass is 19.1. The molecule has 0 fully saturated rings. The Morgan fingerprint density at radius 3 is 2.35 bits per heavy atom. The van der Waals surface area contributed by atoms with Crippen LogP contribution in [0.4, 0.5) is 10.2 Å². The molecule has 34 heavy (non-hydrogen) atoms. The number of rotatable bonds is 9. The number of nitrogen functional groups attached to an aromatic ring is 1. The minimum atomic E-state index is -0.342. The predicted octanol–water partition coefficient (Wildman–Crippen LogP) is 3.13. The molecular formula is C24H22FN5O4. The fourth-order valence-corrected chi connectivity index (χ4v) is 3.22. The first-order valence-corrected chi connectivity index (χ1v) is 10.1. The summed E-state index contributed by atoms with van der Waals surface area (Å²) in [5.41, 5.74) is 7.45. The Bertz CT molecular complexity index is 1260. The van der Waals surface area contributed by atoms with Crippen LogP contribution in [0.2, 0.25) is 0 Å². The summed E-state index contributed by atoms with van der Waals surface area (Å²) in [7, 11) is 2.92. The summed E-state index contributed by atoms with van der Waals surface area (Å²) >= 11 is 0. The van der Waals surface area contributed by atoms with Gasteiger partial charge in [-0.15, -0.1) is 0 Å². The van der Waals surface area contributed by atoms with Crippen LogP contribution in [0.1, 0.15) is 22.4 Å². The lowest BCUT2D eigenvalue weighted by Gasteiger charge is -2.15. The van der Waals surface area contributed by atoms with Gasteiger partial charge in [0.1, 0.15) is 41.6 Å². The van der Waals surface area contributed by atoms with E-state index in [-0.39, 0.29) is 48.2 Å². The minimum Gasteiger partial charge on any atom is -0.493 e. The molecular weight excluding hydrogens is 441 g/mol. The quantitative estimate of drug-likeness (QED) is 0.462. The van der Waals surface area contributed by atoms with Gasteiger partial charge >= 0.3 is 0 Å². The first kappa shape index (κ1) is 24.1. The Morgan fingerprint density at radius 1 is 1.18 bits per heavy atom. The van der Waals surface area contributed by atoms with Gasteiger partial charge in [0.25, 0.3) is 0 Å². The number of anilines is 1. The van der Waals surface area contributed by atoms with E-state index in [1.807, 2.05) is 12.1 Å². The second kappa shape index (κ2) is 10.9. The third-order valence-corrected chi connectivity index (χ3v) is 4.88. The van der Waals surface area contributed by atoms with Gasteiger partial charge in [-0.2, -0.15) is 15.6 Å². The zero-order valence-electron chi connectivity index (χ0n) is 18.6. The molecule has 0 unspecified atom stereocenters.